The van der Waals surface area contributed by atoms with Gasteiger partial charge in [0.05, 0.1) is 0 Å². The van der Waals surface area contributed by atoms with Crippen molar-refractivity contribution in [2.24, 2.45) is 11.3 Å². The molecule has 2 rings (SSSR count). The highest BCUT2D eigenvalue weighted by atomic mass is 32.1. The Morgan fingerprint density at radius 1 is 1.50 bits per heavy atom. The average molecular weight is 295 g/mol. The van der Waals surface area contributed by atoms with Gasteiger partial charge in [0.2, 0.25) is 0 Å². The third-order valence-corrected chi connectivity index (χ3v) is 6.07. The van der Waals surface area contributed by atoms with E-state index in [-0.39, 0.29) is 0 Å². The molecule has 1 aromatic heterocycles. The van der Waals surface area contributed by atoms with Gasteiger partial charge in [0.25, 0.3) is 0 Å². The summed E-state index contributed by atoms with van der Waals surface area (Å²) in [6.07, 6.45) is 3.99. The lowest BCUT2D eigenvalue weighted by atomic mass is 9.69. The Morgan fingerprint density at radius 3 is 2.85 bits per heavy atom. The maximum absolute atomic E-state index is 3.55. The highest BCUT2D eigenvalue weighted by molar-refractivity contribution is 7.10. The lowest BCUT2D eigenvalue weighted by Gasteiger charge is -2.43. The van der Waals surface area contributed by atoms with E-state index in [0.29, 0.717) is 17.5 Å². The molecule has 1 aliphatic carbocycles. The molecule has 0 amide bonds. The van der Waals surface area contributed by atoms with E-state index >= 15 is 0 Å². The van der Waals surface area contributed by atoms with Crippen LogP contribution in [0.2, 0.25) is 0 Å². The first kappa shape index (κ1) is 16.0. The zero-order valence-corrected chi connectivity index (χ0v) is 14.5. The summed E-state index contributed by atoms with van der Waals surface area (Å²) in [4.78, 5) is 4.01. The van der Waals surface area contributed by atoms with Gasteiger partial charge in [-0.2, -0.15) is 0 Å². The van der Waals surface area contributed by atoms with Crippen LogP contribution in [0.3, 0.4) is 0 Å². The predicted molar refractivity (Wildman–Crippen MR) is 89.3 cm³/mol. The standard InChI is InChI=1S/C17H30N2S/c1-13(16-7-6-10-20-16)19(5)12-14-11-17(2,3)9-8-15(14)18-4/h6-7,10,13-15,18H,8-9,11-12H2,1-5H3. The van der Waals surface area contributed by atoms with E-state index in [1.807, 2.05) is 11.3 Å². The Morgan fingerprint density at radius 2 is 2.25 bits per heavy atom. The molecule has 114 valence electrons. The largest absolute Gasteiger partial charge is 0.317 e. The van der Waals surface area contributed by atoms with Gasteiger partial charge in [-0.05, 0) is 63.1 Å². The molecule has 3 unspecified atom stereocenters. The second kappa shape index (κ2) is 6.59. The zero-order chi connectivity index (χ0) is 14.8. The smallest absolute Gasteiger partial charge is 0.0410 e. The molecule has 20 heavy (non-hydrogen) atoms. The van der Waals surface area contributed by atoms with Gasteiger partial charge in [0, 0.05) is 23.5 Å². The number of hydrogen-bond donors (Lipinski definition) is 1. The van der Waals surface area contributed by atoms with Crippen molar-refractivity contribution < 1.29 is 0 Å². The summed E-state index contributed by atoms with van der Waals surface area (Å²) in [6, 6.07) is 5.62. The van der Waals surface area contributed by atoms with Gasteiger partial charge in [-0.15, -0.1) is 11.3 Å². The fourth-order valence-corrected chi connectivity index (χ4v) is 4.43. The van der Waals surface area contributed by atoms with E-state index < -0.39 is 0 Å². The molecule has 0 aromatic carbocycles. The van der Waals surface area contributed by atoms with Crippen LogP contribution in [0, 0.1) is 11.3 Å². The molecule has 3 atom stereocenters. The van der Waals surface area contributed by atoms with E-state index in [9.17, 15) is 0 Å². The fourth-order valence-electron chi connectivity index (χ4n) is 3.58. The Bertz CT molecular complexity index is 399. The summed E-state index contributed by atoms with van der Waals surface area (Å²) >= 11 is 1.87. The normalized spacial score (nSPS) is 27.7. The Balaban J connectivity index is 1.99. The Labute approximate surface area is 128 Å². The van der Waals surface area contributed by atoms with Crippen molar-refractivity contribution in [1.82, 2.24) is 10.2 Å². The van der Waals surface area contributed by atoms with Gasteiger partial charge in [0.15, 0.2) is 0 Å². The van der Waals surface area contributed by atoms with Crippen LogP contribution < -0.4 is 5.32 Å². The molecule has 2 nitrogen and oxygen atoms in total. The van der Waals surface area contributed by atoms with Crippen LogP contribution >= 0.6 is 11.3 Å². The van der Waals surface area contributed by atoms with Crippen molar-refractivity contribution in [3.8, 4) is 0 Å². The van der Waals surface area contributed by atoms with Gasteiger partial charge in [-0.3, -0.25) is 4.90 Å². The van der Waals surface area contributed by atoms with Crippen LogP contribution in [0.1, 0.15) is 51.0 Å². The maximum atomic E-state index is 3.55. The second-order valence-electron chi connectivity index (χ2n) is 7.19. The van der Waals surface area contributed by atoms with Gasteiger partial charge in [-0.25, -0.2) is 0 Å². The highest BCUT2D eigenvalue weighted by Gasteiger charge is 2.35. The summed E-state index contributed by atoms with van der Waals surface area (Å²) < 4.78 is 0. The molecule has 0 radical (unpaired) electrons. The van der Waals surface area contributed by atoms with Crippen molar-refractivity contribution in [3.05, 3.63) is 22.4 Å². The van der Waals surface area contributed by atoms with E-state index in [0.717, 1.165) is 5.92 Å². The fraction of sp³-hybridized carbons (Fsp3) is 0.765. The van der Waals surface area contributed by atoms with Crippen LogP contribution in [0.15, 0.2) is 17.5 Å². The minimum Gasteiger partial charge on any atom is -0.317 e. The molecule has 1 aliphatic rings. The minimum atomic E-state index is 0.505. The number of rotatable bonds is 5. The zero-order valence-electron chi connectivity index (χ0n) is 13.6. The van der Waals surface area contributed by atoms with Crippen LogP contribution in [-0.4, -0.2) is 31.6 Å². The number of hydrogen-bond acceptors (Lipinski definition) is 3. The van der Waals surface area contributed by atoms with Crippen molar-refractivity contribution in [2.45, 2.75) is 52.1 Å². The number of nitrogens with one attached hydrogen (secondary N) is 1. The molecule has 1 aromatic rings. The quantitative estimate of drug-likeness (QED) is 0.877. The maximum Gasteiger partial charge on any atom is 0.0410 e. The monoisotopic (exact) mass is 294 g/mol. The summed E-state index contributed by atoms with van der Waals surface area (Å²) in [7, 11) is 4.40. The van der Waals surface area contributed by atoms with Crippen molar-refractivity contribution in [1.29, 1.82) is 0 Å². The molecule has 1 heterocycles. The first-order valence-corrected chi connectivity index (χ1v) is 8.72. The van der Waals surface area contributed by atoms with Crippen molar-refractivity contribution in [3.63, 3.8) is 0 Å². The molecule has 1 fully saturated rings. The van der Waals surface area contributed by atoms with Gasteiger partial charge >= 0.3 is 0 Å². The molecule has 1 saturated carbocycles. The summed E-state index contributed by atoms with van der Waals surface area (Å²) in [5.74, 6) is 0.760. The summed E-state index contributed by atoms with van der Waals surface area (Å²) in [6.45, 7) is 8.37. The van der Waals surface area contributed by atoms with Crippen LogP contribution in [-0.2, 0) is 0 Å². The van der Waals surface area contributed by atoms with E-state index in [1.54, 1.807) is 0 Å². The molecule has 0 bridgehead atoms. The highest BCUT2D eigenvalue weighted by Crippen LogP contribution is 2.39. The summed E-state index contributed by atoms with van der Waals surface area (Å²) in [5.41, 5.74) is 0.505. The predicted octanol–water partition coefficient (Wildman–Crippen LogP) is 4.16. The van der Waals surface area contributed by atoms with Gasteiger partial charge in [-0.1, -0.05) is 19.9 Å². The van der Waals surface area contributed by atoms with Crippen LogP contribution in [0.25, 0.3) is 0 Å². The van der Waals surface area contributed by atoms with Crippen molar-refractivity contribution >= 4 is 11.3 Å². The lowest BCUT2D eigenvalue weighted by molar-refractivity contribution is 0.100. The Hall–Kier alpha value is -0.380. The van der Waals surface area contributed by atoms with E-state index in [4.69, 9.17) is 0 Å². The summed E-state index contributed by atoms with van der Waals surface area (Å²) in [5, 5.41) is 5.73. The molecule has 0 spiro atoms. The first-order valence-electron chi connectivity index (χ1n) is 7.84. The molecular weight excluding hydrogens is 264 g/mol. The number of thiophene rings is 1. The SMILES string of the molecule is CNC1CCC(C)(C)CC1CN(C)C(C)c1cccs1. The van der Waals surface area contributed by atoms with Gasteiger partial charge in [0.1, 0.15) is 0 Å². The van der Waals surface area contributed by atoms with Crippen molar-refractivity contribution in [2.75, 3.05) is 20.6 Å². The van der Waals surface area contributed by atoms with Gasteiger partial charge < -0.3 is 5.32 Å². The van der Waals surface area contributed by atoms with E-state index in [2.05, 4.69) is 62.6 Å². The van der Waals surface area contributed by atoms with Crippen LogP contribution in [0.5, 0.6) is 0 Å². The molecular formula is C17H30N2S. The van der Waals surface area contributed by atoms with E-state index in [1.165, 1.54) is 30.7 Å². The van der Waals surface area contributed by atoms with Crippen LogP contribution in [0.4, 0.5) is 0 Å². The Kier molecular flexibility index (Phi) is 5.27. The average Bonchev–Trinajstić information content (AvgIpc) is 2.91. The second-order valence-corrected chi connectivity index (χ2v) is 8.17. The third kappa shape index (κ3) is 3.84. The minimum absolute atomic E-state index is 0.505. The molecule has 1 N–H and O–H groups in total. The third-order valence-electron chi connectivity index (χ3n) is 5.03. The first-order chi connectivity index (χ1) is 9.43. The molecule has 0 aliphatic heterocycles. The number of nitrogens with zero attached hydrogens (tertiary/aromatic N) is 1. The molecule has 3 heteroatoms. The topological polar surface area (TPSA) is 15.3 Å². The lowest BCUT2D eigenvalue weighted by Crippen LogP contribution is -2.46. The molecule has 0 saturated heterocycles.